The van der Waals surface area contributed by atoms with Crippen LogP contribution in [0.2, 0.25) is 0 Å². The largest absolute Gasteiger partial charge is 0.0859 e. The SMILES string of the molecule is C/C=C(C)\C=C\C[C@H](C)CCC=C(C)C. The molecule has 0 aromatic rings. The molecule has 0 fully saturated rings. The molecule has 0 radical (unpaired) electrons. The molecule has 0 heteroatoms. The van der Waals surface area contributed by atoms with E-state index in [0.29, 0.717) is 0 Å². The van der Waals surface area contributed by atoms with Crippen molar-refractivity contribution < 1.29 is 0 Å². The van der Waals surface area contributed by atoms with E-state index < -0.39 is 0 Å². The van der Waals surface area contributed by atoms with Crippen molar-refractivity contribution in [2.45, 2.75) is 53.9 Å². The second-order valence-corrected chi connectivity index (χ2v) is 4.63. The predicted octanol–water partition coefficient (Wildman–Crippen LogP) is 5.28. The average molecular weight is 206 g/mol. The second-order valence-electron chi connectivity index (χ2n) is 4.63. The summed E-state index contributed by atoms with van der Waals surface area (Å²) in [5.74, 6) is 0.793. The second kappa shape index (κ2) is 8.52. The minimum atomic E-state index is 0.793. The Bertz CT molecular complexity index is 237. The summed E-state index contributed by atoms with van der Waals surface area (Å²) in [6.45, 7) is 10.9. The first-order valence-corrected chi connectivity index (χ1v) is 5.99. The molecule has 0 spiro atoms. The van der Waals surface area contributed by atoms with Crippen molar-refractivity contribution in [3.8, 4) is 0 Å². The Morgan fingerprint density at radius 2 is 1.87 bits per heavy atom. The molecule has 0 rings (SSSR count). The van der Waals surface area contributed by atoms with Crippen LogP contribution in [0.15, 0.2) is 35.5 Å². The van der Waals surface area contributed by atoms with Crippen LogP contribution in [-0.4, -0.2) is 0 Å². The lowest BCUT2D eigenvalue weighted by molar-refractivity contribution is 0.545. The molecule has 0 aliphatic carbocycles. The lowest BCUT2D eigenvalue weighted by atomic mass is 10.0. The first-order valence-electron chi connectivity index (χ1n) is 5.99. The van der Waals surface area contributed by atoms with Gasteiger partial charge in [0.1, 0.15) is 0 Å². The van der Waals surface area contributed by atoms with Gasteiger partial charge in [0.2, 0.25) is 0 Å². The molecule has 0 heterocycles. The van der Waals surface area contributed by atoms with Gasteiger partial charge in [0, 0.05) is 0 Å². The van der Waals surface area contributed by atoms with Crippen molar-refractivity contribution in [1.82, 2.24) is 0 Å². The van der Waals surface area contributed by atoms with Gasteiger partial charge in [-0.15, -0.1) is 0 Å². The Kier molecular flexibility index (Phi) is 8.08. The maximum absolute atomic E-state index is 2.33. The molecule has 0 saturated carbocycles. The number of hydrogen-bond donors (Lipinski definition) is 0. The van der Waals surface area contributed by atoms with Crippen molar-refractivity contribution in [2.24, 2.45) is 5.92 Å². The van der Waals surface area contributed by atoms with E-state index >= 15 is 0 Å². The van der Waals surface area contributed by atoms with Crippen molar-refractivity contribution in [3.63, 3.8) is 0 Å². The molecule has 0 aromatic carbocycles. The lowest BCUT2D eigenvalue weighted by Crippen LogP contribution is -1.91. The summed E-state index contributed by atoms with van der Waals surface area (Å²) < 4.78 is 0. The minimum Gasteiger partial charge on any atom is -0.0859 e. The highest BCUT2D eigenvalue weighted by molar-refractivity contribution is 5.14. The Morgan fingerprint density at radius 3 is 2.40 bits per heavy atom. The van der Waals surface area contributed by atoms with Gasteiger partial charge in [0.05, 0.1) is 0 Å². The van der Waals surface area contributed by atoms with E-state index in [9.17, 15) is 0 Å². The number of hydrogen-bond acceptors (Lipinski definition) is 0. The molecule has 0 unspecified atom stereocenters. The molecule has 86 valence electrons. The summed E-state index contributed by atoms with van der Waals surface area (Å²) in [5.41, 5.74) is 2.79. The van der Waals surface area contributed by atoms with E-state index in [-0.39, 0.29) is 0 Å². The minimum absolute atomic E-state index is 0.793. The van der Waals surface area contributed by atoms with Crippen LogP contribution in [0.4, 0.5) is 0 Å². The highest BCUT2D eigenvalue weighted by atomic mass is 14.0. The van der Waals surface area contributed by atoms with Crippen LogP contribution in [0.5, 0.6) is 0 Å². The van der Waals surface area contributed by atoms with Gasteiger partial charge in [0.15, 0.2) is 0 Å². The van der Waals surface area contributed by atoms with Gasteiger partial charge in [-0.25, -0.2) is 0 Å². The van der Waals surface area contributed by atoms with Crippen LogP contribution < -0.4 is 0 Å². The smallest absolute Gasteiger partial charge is 0.0322 e. The average Bonchev–Trinajstić information content (AvgIpc) is 2.17. The van der Waals surface area contributed by atoms with Gasteiger partial charge in [-0.3, -0.25) is 0 Å². The van der Waals surface area contributed by atoms with Crippen LogP contribution in [0.1, 0.15) is 53.9 Å². The summed E-state index contributed by atoms with van der Waals surface area (Å²) in [5, 5.41) is 0. The first kappa shape index (κ1) is 14.2. The molecule has 0 N–H and O–H groups in total. The van der Waals surface area contributed by atoms with Crippen LogP contribution in [0, 0.1) is 5.92 Å². The summed E-state index contributed by atoms with van der Waals surface area (Å²) in [4.78, 5) is 0. The van der Waals surface area contributed by atoms with E-state index in [1.807, 2.05) is 0 Å². The Labute approximate surface area is 95.8 Å². The topological polar surface area (TPSA) is 0 Å². The van der Waals surface area contributed by atoms with Gasteiger partial charge < -0.3 is 0 Å². The summed E-state index contributed by atoms with van der Waals surface area (Å²) >= 11 is 0. The highest BCUT2D eigenvalue weighted by Gasteiger charge is 1.97. The quantitative estimate of drug-likeness (QED) is 0.409. The third kappa shape index (κ3) is 9.52. The molecule has 0 aliphatic heterocycles. The third-order valence-corrected chi connectivity index (χ3v) is 2.59. The maximum Gasteiger partial charge on any atom is -0.0322 e. The van der Waals surface area contributed by atoms with E-state index in [4.69, 9.17) is 0 Å². The fourth-order valence-corrected chi connectivity index (χ4v) is 1.36. The van der Waals surface area contributed by atoms with Gasteiger partial charge in [-0.2, -0.15) is 0 Å². The predicted molar refractivity (Wildman–Crippen MR) is 71.0 cm³/mol. The zero-order valence-electron chi connectivity index (χ0n) is 11.0. The summed E-state index contributed by atoms with van der Waals surface area (Å²) in [7, 11) is 0. The molecular formula is C15H26. The standard InChI is InChI=1S/C15H26/c1-6-14(4)10-8-12-15(5)11-7-9-13(2)3/h6,8-10,15H,7,11-12H2,1-5H3/b10-8+,14-6-/t15-/m1/s1. The fourth-order valence-electron chi connectivity index (χ4n) is 1.36. The Hall–Kier alpha value is -0.780. The van der Waals surface area contributed by atoms with E-state index in [1.165, 1.54) is 30.4 Å². The number of rotatable bonds is 6. The van der Waals surface area contributed by atoms with Gasteiger partial charge in [0.25, 0.3) is 0 Å². The van der Waals surface area contributed by atoms with Crippen LogP contribution >= 0.6 is 0 Å². The van der Waals surface area contributed by atoms with Crippen molar-refractivity contribution in [2.75, 3.05) is 0 Å². The third-order valence-electron chi connectivity index (χ3n) is 2.59. The van der Waals surface area contributed by atoms with E-state index in [0.717, 1.165) is 5.92 Å². The molecule has 0 aromatic heterocycles. The van der Waals surface area contributed by atoms with Gasteiger partial charge in [-0.1, -0.05) is 42.4 Å². The van der Waals surface area contributed by atoms with Crippen molar-refractivity contribution in [3.05, 3.63) is 35.5 Å². The maximum atomic E-state index is 2.33. The summed E-state index contributed by atoms with van der Waals surface area (Å²) in [6.07, 6.45) is 12.7. The Balaban J connectivity index is 3.71. The molecule has 0 saturated heterocycles. The molecule has 0 nitrogen and oxygen atoms in total. The molecule has 15 heavy (non-hydrogen) atoms. The van der Waals surface area contributed by atoms with Crippen LogP contribution in [0.3, 0.4) is 0 Å². The van der Waals surface area contributed by atoms with Crippen molar-refractivity contribution in [1.29, 1.82) is 0 Å². The molecule has 0 aliphatic rings. The number of allylic oxidation sites excluding steroid dienone is 6. The summed E-state index contributed by atoms with van der Waals surface area (Å²) in [6, 6.07) is 0. The van der Waals surface area contributed by atoms with Crippen LogP contribution in [0.25, 0.3) is 0 Å². The van der Waals surface area contributed by atoms with Crippen LogP contribution in [-0.2, 0) is 0 Å². The zero-order valence-corrected chi connectivity index (χ0v) is 11.0. The zero-order chi connectivity index (χ0) is 11.7. The molecule has 0 bridgehead atoms. The molecular weight excluding hydrogens is 180 g/mol. The Morgan fingerprint density at radius 1 is 1.20 bits per heavy atom. The first-order chi connectivity index (χ1) is 7.06. The van der Waals surface area contributed by atoms with Gasteiger partial charge in [-0.05, 0) is 52.9 Å². The molecule has 0 amide bonds. The highest BCUT2D eigenvalue weighted by Crippen LogP contribution is 2.12. The van der Waals surface area contributed by atoms with E-state index in [1.54, 1.807) is 0 Å². The molecule has 1 atom stereocenters. The van der Waals surface area contributed by atoms with E-state index in [2.05, 4.69) is 58.9 Å². The van der Waals surface area contributed by atoms with Gasteiger partial charge >= 0.3 is 0 Å². The van der Waals surface area contributed by atoms with Crippen molar-refractivity contribution >= 4 is 0 Å². The normalized spacial score (nSPS) is 14.3. The fraction of sp³-hybridized carbons (Fsp3) is 0.600. The lowest BCUT2D eigenvalue weighted by Gasteiger charge is -2.06. The monoisotopic (exact) mass is 206 g/mol.